The van der Waals surface area contributed by atoms with Crippen molar-refractivity contribution in [1.29, 1.82) is 0 Å². The molecular weight excluding hydrogens is 137 g/mol. The molecule has 0 aromatic rings. The average molecular weight is 151 g/mol. The molecule has 0 rings (SSSR count). The van der Waals surface area contributed by atoms with E-state index >= 15 is 0 Å². The minimum atomic E-state index is 0. The molecule has 0 bridgehead atoms. The van der Waals surface area contributed by atoms with Crippen molar-refractivity contribution >= 4 is 0 Å². The second-order valence-electron chi connectivity index (χ2n) is 1.67. The Morgan fingerprint density at radius 1 is 1.00 bits per heavy atom. The van der Waals surface area contributed by atoms with Crippen molar-refractivity contribution in [3.63, 3.8) is 0 Å². The molecule has 0 aromatic carbocycles. The Morgan fingerprint density at radius 2 is 1.38 bits per heavy atom. The third-order valence-electron chi connectivity index (χ3n) is 0.763. The summed E-state index contributed by atoms with van der Waals surface area (Å²) in [6, 6.07) is 0. The Labute approximate surface area is 64.1 Å². The Balaban J connectivity index is 0. The first-order valence-electron chi connectivity index (χ1n) is 3.05. The van der Waals surface area contributed by atoms with Crippen molar-refractivity contribution in [2.24, 2.45) is 0 Å². The van der Waals surface area contributed by atoms with Gasteiger partial charge in [-0.05, 0) is 0 Å². The van der Waals surface area contributed by atoms with E-state index in [4.69, 9.17) is 0 Å². The Morgan fingerprint density at radius 3 is 1.62 bits per heavy atom. The van der Waals surface area contributed by atoms with Crippen LogP contribution in [0.2, 0.25) is 0 Å². The van der Waals surface area contributed by atoms with Gasteiger partial charge in [-0.1, -0.05) is 26.7 Å². The summed E-state index contributed by atoms with van der Waals surface area (Å²) in [5.74, 6) is 0. The van der Waals surface area contributed by atoms with Crippen LogP contribution in [0.5, 0.6) is 0 Å². The van der Waals surface area contributed by atoms with Gasteiger partial charge in [0.15, 0.2) is 0 Å². The van der Waals surface area contributed by atoms with Gasteiger partial charge < -0.3 is 5.32 Å². The van der Waals surface area contributed by atoms with Crippen LogP contribution in [0.1, 0.15) is 26.7 Å². The number of nitrogens with zero attached hydrogens (tertiary/aromatic N) is 1. The third kappa shape index (κ3) is 9.74. The van der Waals surface area contributed by atoms with E-state index in [2.05, 4.69) is 19.2 Å². The standard InChI is InChI=1S/C6H14N.V/c1-3-5-7-6-4-2;/h3-6H2,1-2H3;/q-1;. The second kappa shape index (κ2) is 10.5. The van der Waals surface area contributed by atoms with Crippen molar-refractivity contribution < 1.29 is 18.6 Å². The van der Waals surface area contributed by atoms with Gasteiger partial charge >= 0.3 is 0 Å². The molecule has 0 heterocycles. The summed E-state index contributed by atoms with van der Waals surface area (Å²) < 4.78 is 0. The van der Waals surface area contributed by atoms with Crippen LogP contribution in [0.15, 0.2) is 0 Å². The molecule has 0 atom stereocenters. The van der Waals surface area contributed by atoms with Crippen molar-refractivity contribution in [3.8, 4) is 0 Å². The maximum absolute atomic E-state index is 4.21. The van der Waals surface area contributed by atoms with Crippen LogP contribution in [-0.2, 0) is 18.6 Å². The second-order valence-corrected chi connectivity index (χ2v) is 1.67. The molecule has 0 aliphatic rings. The van der Waals surface area contributed by atoms with Crippen molar-refractivity contribution in [2.45, 2.75) is 26.7 Å². The zero-order valence-electron chi connectivity index (χ0n) is 5.72. The van der Waals surface area contributed by atoms with Gasteiger partial charge in [0, 0.05) is 18.6 Å². The largest absolute Gasteiger partial charge is 0.662 e. The number of hydrogen-bond acceptors (Lipinski definition) is 0. The monoisotopic (exact) mass is 151 g/mol. The maximum atomic E-state index is 4.21. The summed E-state index contributed by atoms with van der Waals surface area (Å²) in [6.07, 6.45) is 2.39. The van der Waals surface area contributed by atoms with Crippen LogP contribution in [0, 0.1) is 0 Å². The fraction of sp³-hybridized carbons (Fsp3) is 1.00. The van der Waals surface area contributed by atoms with Gasteiger partial charge in [0.2, 0.25) is 0 Å². The molecule has 0 fully saturated rings. The van der Waals surface area contributed by atoms with Crippen LogP contribution in [0.4, 0.5) is 0 Å². The molecular formula is C6H14NV-. The van der Waals surface area contributed by atoms with E-state index in [1.807, 2.05) is 0 Å². The van der Waals surface area contributed by atoms with Crippen molar-refractivity contribution in [3.05, 3.63) is 5.32 Å². The van der Waals surface area contributed by atoms with Crippen molar-refractivity contribution in [2.75, 3.05) is 13.1 Å². The molecule has 0 unspecified atom stereocenters. The van der Waals surface area contributed by atoms with E-state index in [0.29, 0.717) is 0 Å². The predicted octanol–water partition coefficient (Wildman–Crippen LogP) is 2.18. The Bertz CT molecular complexity index is 27.7. The fourth-order valence-corrected chi connectivity index (χ4v) is 0.428. The van der Waals surface area contributed by atoms with E-state index in [-0.39, 0.29) is 18.6 Å². The summed E-state index contributed by atoms with van der Waals surface area (Å²) in [5, 5.41) is 4.21. The van der Waals surface area contributed by atoms with Crippen LogP contribution < -0.4 is 0 Å². The summed E-state index contributed by atoms with van der Waals surface area (Å²) in [4.78, 5) is 0. The fourth-order valence-electron chi connectivity index (χ4n) is 0.428. The van der Waals surface area contributed by atoms with Gasteiger partial charge in [-0.15, -0.1) is 13.1 Å². The van der Waals surface area contributed by atoms with Crippen LogP contribution in [-0.4, -0.2) is 13.1 Å². The molecule has 2 heteroatoms. The van der Waals surface area contributed by atoms with Gasteiger partial charge in [-0.2, -0.15) is 0 Å². The van der Waals surface area contributed by atoms with Gasteiger partial charge in [-0.3, -0.25) is 0 Å². The minimum absolute atomic E-state index is 0. The molecule has 0 saturated heterocycles. The van der Waals surface area contributed by atoms with Crippen molar-refractivity contribution in [1.82, 2.24) is 0 Å². The Hall–Kier alpha value is 0.544. The first kappa shape index (κ1) is 11.4. The van der Waals surface area contributed by atoms with Gasteiger partial charge in [0.05, 0.1) is 0 Å². The van der Waals surface area contributed by atoms with Gasteiger partial charge in [0.25, 0.3) is 0 Å². The molecule has 0 aliphatic carbocycles. The molecule has 1 radical (unpaired) electrons. The molecule has 0 aromatic heterocycles. The molecule has 0 saturated carbocycles. The van der Waals surface area contributed by atoms with Gasteiger partial charge in [-0.25, -0.2) is 0 Å². The summed E-state index contributed by atoms with van der Waals surface area (Å²) in [7, 11) is 0. The molecule has 1 nitrogen and oxygen atoms in total. The molecule has 0 N–H and O–H groups in total. The number of rotatable bonds is 4. The quantitative estimate of drug-likeness (QED) is 0.547. The first-order chi connectivity index (χ1) is 3.41. The molecule has 8 heavy (non-hydrogen) atoms. The summed E-state index contributed by atoms with van der Waals surface area (Å²) in [5.41, 5.74) is 0. The Kier molecular flexibility index (Phi) is 14.9. The van der Waals surface area contributed by atoms with Crippen LogP contribution >= 0.6 is 0 Å². The third-order valence-corrected chi connectivity index (χ3v) is 0.763. The van der Waals surface area contributed by atoms with E-state index in [1.165, 1.54) is 12.8 Å². The molecule has 0 amide bonds. The zero-order valence-corrected chi connectivity index (χ0v) is 7.12. The topological polar surface area (TPSA) is 14.1 Å². The van der Waals surface area contributed by atoms with E-state index in [1.54, 1.807) is 0 Å². The van der Waals surface area contributed by atoms with E-state index < -0.39 is 0 Å². The van der Waals surface area contributed by atoms with Crippen LogP contribution in [0.25, 0.3) is 5.32 Å². The maximum Gasteiger partial charge on any atom is 0 e. The molecule has 0 aliphatic heterocycles. The first-order valence-corrected chi connectivity index (χ1v) is 3.05. The minimum Gasteiger partial charge on any atom is -0.662 e. The number of hydrogen-bond donors (Lipinski definition) is 0. The summed E-state index contributed by atoms with van der Waals surface area (Å²) >= 11 is 0. The normalized spacial score (nSPS) is 8.25. The van der Waals surface area contributed by atoms with E-state index in [0.717, 1.165) is 13.1 Å². The van der Waals surface area contributed by atoms with E-state index in [9.17, 15) is 0 Å². The average Bonchev–Trinajstić information content (AvgIpc) is 1.69. The smallest absolute Gasteiger partial charge is 0 e. The van der Waals surface area contributed by atoms with Crippen LogP contribution in [0.3, 0.4) is 0 Å². The zero-order chi connectivity index (χ0) is 5.54. The van der Waals surface area contributed by atoms with Gasteiger partial charge in [0.1, 0.15) is 0 Å². The molecule has 49 valence electrons. The predicted molar refractivity (Wildman–Crippen MR) is 33.7 cm³/mol. The SMILES string of the molecule is CCC[N-]CCC.[V]. The summed E-state index contributed by atoms with van der Waals surface area (Å²) in [6.45, 7) is 6.40. The molecule has 0 spiro atoms.